The third-order valence-electron chi connectivity index (χ3n) is 4.89. The number of aromatic hydroxyl groups is 1. The summed E-state index contributed by atoms with van der Waals surface area (Å²) in [5, 5.41) is 13.6. The van der Waals surface area contributed by atoms with Crippen LogP contribution in [0.2, 0.25) is 0 Å². The fourth-order valence-electron chi connectivity index (χ4n) is 3.50. The SMILES string of the molecule is Cc1cccc(NCCOc2cc(O)c3c(c2N)C(=O)c2ccccc2C3=O)c1. The second-order valence-corrected chi connectivity index (χ2v) is 6.91. The first-order valence-corrected chi connectivity index (χ1v) is 9.24. The van der Waals surface area contributed by atoms with Crippen LogP contribution in [0.1, 0.15) is 37.4 Å². The molecule has 0 atom stereocenters. The van der Waals surface area contributed by atoms with Gasteiger partial charge in [0.25, 0.3) is 0 Å². The van der Waals surface area contributed by atoms with Crippen molar-refractivity contribution in [2.75, 3.05) is 24.2 Å². The van der Waals surface area contributed by atoms with Gasteiger partial charge in [-0.15, -0.1) is 0 Å². The van der Waals surface area contributed by atoms with Crippen LogP contribution in [0.5, 0.6) is 11.5 Å². The average Bonchev–Trinajstić information content (AvgIpc) is 2.71. The summed E-state index contributed by atoms with van der Waals surface area (Å²) in [4.78, 5) is 25.7. The van der Waals surface area contributed by atoms with Crippen LogP contribution in [0.25, 0.3) is 0 Å². The average molecular weight is 388 g/mol. The molecule has 4 N–H and O–H groups in total. The molecule has 0 spiro atoms. The highest BCUT2D eigenvalue weighted by atomic mass is 16.5. The summed E-state index contributed by atoms with van der Waals surface area (Å²) in [6, 6.07) is 15.7. The van der Waals surface area contributed by atoms with Crippen molar-refractivity contribution in [3.05, 3.63) is 82.4 Å². The number of fused-ring (bicyclic) bond motifs is 2. The lowest BCUT2D eigenvalue weighted by Crippen LogP contribution is -2.23. The summed E-state index contributed by atoms with van der Waals surface area (Å²) in [6.07, 6.45) is 0. The van der Waals surface area contributed by atoms with Crippen LogP contribution < -0.4 is 15.8 Å². The molecule has 6 heteroatoms. The van der Waals surface area contributed by atoms with Crippen LogP contribution in [0, 0.1) is 6.92 Å². The maximum atomic E-state index is 12.9. The van der Waals surface area contributed by atoms with Crippen molar-refractivity contribution in [1.82, 2.24) is 0 Å². The number of hydrogen-bond donors (Lipinski definition) is 3. The Hall–Kier alpha value is -3.80. The van der Waals surface area contributed by atoms with E-state index in [0.717, 1.165) is 11.3 Å². The maximum absolute atomic E-state index is 12.9. The molecule has 0 fully saturated rings. The zero-order valence-electron chi connectivity index (χ0n) is 15.9. The maximum Gasteiger partial charge on any atom is 0.198 e. The van der Waals surface area contributed by atoms with Gasteiger partial charge in [0, 0.05) is 29.4 Å². The van der Waals surface area contributed by atoms with E-state index >= 15 is 0 Å². The number of nitrogen functional groups attached to an aromatic ring is 1. The Balaban J connectivity index is 1.57. The largest absolute Gasteiger partial charge is 0.507 e. The van der Waals surface area contributed by atoms with Gasteiger partial charge in [-0.3, -0.25) is 9.59 Å². The molecule has 1 aliphatic carbocycles. The summed E-state index contributed by atoms with van der Waals surface area (Å²) in [5.74, 6) is -0.963. The van der Waals surface area contributed by atoms with E-state index < -0.39 is 11.6 Å². The van der Waals surface area contributed by atoms with Gasteiger partial charge in [0.05, 0.1) is 16.8 Å². The topological polar surface area (TPSA) is 102 Å². The van der Waals surface area contributed by atoms with Gasteiger partial charge >= 0.3 is 0 Å². The smallest absolute Gasteiger partial charge is 0.198 e. The van der Waals surface area contributed by atoms with Crippen LogP contribution >= 0.6 is 0 Å². The molecule has 0 aliphatic heterocycles. The first kappa shape index (κ1) is 18.6. The predicted octanol–water partition coefficient (Wildman–Crippen LogP) is 3.55. The fourth-order valence-corrected chi connectivity index (χ4v) is 3.50. The van der Waals surface area contributed by atoms with Crippen LogP contribution in [0.4, 0.5) is 11.4 Å². The van der Waals surface area contributed by atoms with Crippen LogP contribution in [-0.4, -0.2) is 29.8 Å². The highest BCUT2D eigenvalue weighted by Crippen LogP contribution is 2.41. The number of hydrogen-bond acceptors (Lipinski definition) is 6. The van der Waals surface area contributed by atoms with Crippen molar-refractivity contribution in [1.29, 1.82) is 0 Å². The summed E-state index contributed by atoms with van der Waals surface area (Å²) >= 11 is 0. The third kappa shape index (κ3) is 3.29. The van der Waals surface area contributed by atoms with E-state index in [2.05, 4.69) is 5.32 Å². The first-order valence-electron chi connectivity index (χ1n) is 9.24. The Bertz CT molecular complexity index is 1140. The van der Waals surface area contributed by atoms with E-state index in [1.165, 1.54) is 6.07 Å². The van der Waals surface area contributed by atoms with Crippen molar-refractivity contribution >= 4 is 22.9 Å². The summed E-state index contributed by atoms with van der Waals surface area (Å²) < 4.78 is 5.70. The Morgan fingerprint density at radius 1 is 0.966 bits per heavy atom. The van der Waals surface area contributed by atoms with Crippen LogP contribution in [-0.2, 0) is 0 Å². The predicted molar refractivity (Wildman–Crippen MR) is 111 cm³/mol. The van der Waals surface area contributed by atoms with Gasteiger partial charge in [-0.2, -0.15) is 0 Å². The molecule has 0 unspecified atom stereocenters. The molecule has 0 bridgehead atoms. The Kier molecular flexibility index (Phi) is 4.68. The molecule has 0 saturated carbocycles. The summed E-state index contributed by atoms with van der Waals surface area (Å²) in [6.45, 7) is 2.76. The van der Waals surface area contributed by atoms with Crippen LogP contribution in [0.3, 0.4) is 0 Å². The molecular formula is C23H20N2O4. The zero-order chi connectivity index (χ0) is 20.5. The van der Waals surface area contributed by atoms with E-state index in [9.17, 15) is 14.7 Å². The number of phenols is 1. The lowest BCUT2D eigenvalue weighted by molar-refractivity contribution is 0.0977. The van der Waals surface area contributed by atoms with Gasteiger partial charge < -0.3 is 20.9 Å². The molecule has 6 nitrogen and oxygen atoms in total. The van der Waals surface area contributed by atoms with Gasteiger partial charge in [-0.25, -0.2) is 0 Å². The molecule has 3 aromatic carbocycles. The highest BCUT2D eigenvalue weighted by Gasteiger charge is 2.35. The lowest BCUT2D eigenvalue weighted by Gasteiger charge is -2.21. The fraction of sp³-hybridized carbons (Fsp3) is 0.130. The van der Waals surface area contributed by atoms with Crippen molar-refractivity contribution in [3.8, 4) is 11.5 Å². The van der Waals surface area contributed by atoms with E-state index in [4.69, 9.17) is 10.5 Å². The number of anilines is 2. The molecule has 1 aliphatic rings. The number of rotatable bonds is 5. The van der Waals surface area contributed by atoms with Gasteiger partial charge in [-0.05, 0) is 24.6 Å². The Labute approximate surface area is 167 Å². The van der Waals surface area contributed by atoms with Crippen LogP contribution in [0.15, 0.2) is 54.6 Å². The zero-order valence-corrected chi connectivity index (χ0v) is 15.9. The molecule has 0 aromatic heterocycles. The Morgan fingerprint density at radius 3 is 2.34 bits per heavy atom. The molecule has 146 valence electrons. The van der Waals surface area contributed by atoms with E-state index in [1.807, 2.05) is 31.2 Å². The molecule has 0 radical (unpaired) electrons. The number of nitrogens with two attached hydrogens (primary N) is 1. The number of phenolic OH excluding ortho intramolecular Hbond substituents is 1. The third-order valence-corrected chi connectivity index (χ3v) is 4.89. The number of ketones is 2. The molecule has 29 heavy (non-hydrogen) atoms. The molecular weight excluding hydrogens is 368 g/mol. The molecule has 4 rings (SSSR count). The molecule has 3 aromatic rings. The standard InChI is InChI=1S/C23H20N2O4/c1-13-5-4-6-14(11-13)25-9-10-29-18-12-17(26)19-20(21(18)24)23(28)16-8-3-2-7-15(16)22(19)27/h2-8,11-12,25-26H,9-10,24H2,1H3. The number of carbonyl (C=O) groups excluding carboxylic acids is 2. The van der Waals surface area contributed by atoms with E-state index in [1.54, 1.807) is 24.3 Å². The number of nitrogens with one attached hydrogen (secondary N) is 1. The lowest BCUT2D eigenvalue weighted by atomic mass is 9.82. The minimum Gasteiger partial charge on any atom is -0.507 e. The number of benzene rings is 3. The number of ether oxygens (including phenoxy) is 1. The van der Waals surface area contributed by atoms with Crippen molar-refractivity contribution in [3.63, 3.8) is 0 Å². The minimum absolute atomic E-state index is 0.00431. The van der Waals surface area contributed by atoms with Gasteiger partial charge in [0.15, 0.2) is 11.6 Å². The first-order chi connectivity index (χ1) is 14.0. The molecule has 0 amide bonds. The second-order valence-electron chi connectivity index (χ2n) is 6.91. The van der Waals surface area contributed by atoms with Gasteiger partial charge in [0.2, 0.25) is 0 Å². The molecule has 0 heterocycles. The van der Waals surface area contributed by atoms with Crippen molar-refractivity contribution < 1.29 is 19.4 Å². The monoisotopic (exact) mass is 388 g/mol. The minimum atomic E-state index is -0.424. The summed E-state index contributed by atoms with van der Waals surface area (Å²) in [5.41, 5.74) is 8.79. The molecule has 0 saturated heterocycles. The van der Waals surface area contributed by atoms with E-state index in [-0.39, 0.29) is 46.0 Å². The van der Waals surface area contributed by atoms with Crippen molar-refractivity contribution in [2.45, 2.75) is 6.92 Å². The van der Waals surface area contributed by atoms with Gasteiger partial charge in [0.1, 0.15) is 18.1 Å². The Morgan fingerprint density at radius 2 is 1.66 bits per heavy atom. The summed E-state index contributed by atoms with van der Waals surface area (Å²) in [7, 11) is 0. The van der Waals surface area contributed by atoms with Gasteiger partial charge in [-0.1, -0.05) is 36.4 Å². The van der Waals surface area contributed by atoms with E-state index in [0.29, 0.717) is 6.54 Å². The highest BCUT2D eigenvalue weighted by molar-refractivity contribution is 6.31. The second kappa shape index (κ2) is 7.31. The number of aryl methyl sites for hydroxylation is 1. The number of carbonyl (C=O) groups is 2. The normalized spacial score (nSPS) is 12.3. The quantitative estimate of drug-likeness (QED) is 0.275. The van der Waals surface area contributed by atoms with Crippen molar-refractivity contribution in [2.24, 2.45) is 0 Å².